The zero-order valence-corrected chi connectivity index (χ0v) is 12.8. The van der Waals surface area contributed by atoms with Crippen LogP contribution in [0.4, 0.5) is 5.69 Å². The summed E-state index contributed by atoms with van der Waals surface area (Å²) in [6.07, 6.45) is 3.14. The maximum atomic E-state index is 11.9. The SMILES string of the molecule is NC(=O)c1ccc(NC(=O)CCNC2(C(=O)O)CCCC2)cc1. The fraction of sp³-hybridized carbons (Fsp3) is 0.438. The highest BCUT2D eigenvalue weighted by atomic mass is 16.4. The van der Waals surface area contributed by atoms with Gasteiger partial charge in [-0.15, -0.1) is 0 Å². The topological polar surface area (TPSA) is 122 Å². The summed E-state index contributed by atoms with van der Waals surface area (Å²) in [5.74, 6) is -1.59. The lowest BCUT2D eigenvalue weighted by atomic mass is 9.98. The van der Waals surface area contributed by atoms with Gasteiger partial charge in [0.2, 0.25) is 11.8 Å². The van der Waals surface area contributed by atoms with Crippen molar-refractivity contribution in [3.05, 3.63) is 29.8 Å². The first-order valence-electron chi connectivity index (χ1n) is 7.61. The third kappa shape index (κ3) is 4.29. The number of nitrogens with two attached hydrogens (primary N) is 1. The molecule has 5 N–H and O–H groups in total. The molecule has 0 aliphatic heterocycles. The quantitative estimate of drug-likeness (QED) is 0.599. The second-order valence-corrected chi connectivity index (χ2v) is 5.76. The van der Waals surface area contributed by atoms with Crippen LogP contribution in [0.25, 0.3) is 0 Å². The summed E-state index contributed by atoms with van der Waals surface area (Å²) >= 11 is 0. The summed E-state index contributed by atoms with van der Waals surface area (Å²) in [5, 5.41) is 15.0. The Hall–Kier alpha value is -2.41. The Labute approximate surface area is 134 Å². The molecule has 1 saturated carbocycles. The predicted octanol–water partition coefficient (Wildman–Crippen LogP) is 1.10. The number of benzene rings is 1. The molecule has 2 amide bonds. The molecule has 1 aliphatic rings. The molecule has 1 fully saturated rings. The monoisotopic (exact) mass is 319 g/mol. The van der Waals surface area contributed by atoms with E-state index in [1.165, 1.54) is 12.1 Å². The minimum Gasteiger partial charge on any atom is -0.480 e. The fourth-order valence-corrected chi connectivity index (χ4v) is 2.80. The molecule has 7 heteroatoms. The van der Waals surface area contributed by atoms with Crippen LogP contribution in [-0.2, 0) is 9.59 Å². The lowest BCUT2D eigenvalue weighted by Gasteiger charge is -2.25. The van der Waals surface area contributed by atoms with Gasteiger partial charge in [-0.2, -0.15) is 0 Å². The zero-order valence-electron chi connectivity index (χ0n) is 12.8. The van der Waals surface area contributed by atoms with Gasteiger partial charge in [-0.05, 0) is 37.1 Å². The lowest BCUT2D eigenvalue weighted by Crippen LogP contribution is -2.50. The number of carboxylic acids is 1. The number of hydrogen-bond donors (Lipinski definition) is 4. The highest BCUT2D eigenvalue weighted by molar-refractivity contribution is 5.94. The van der Waals surface area contributed by atoms with E-state index in [9.17, 15) is 19.5 Å². The van der Waals surface area contributed by atoms with Crippen LogP contribution >= 0.6 is 0 Å². The van der Waals surface area contributed by atoms with Gasteiger partial charge in [-0.1, -0.05) is 12.8 Å². The van der Waals surface area contributed by atoms with Crippen LogP contribution in [0.15, 0.2) is 24.3 Å². The molecular formula is C16H21N3O4. The maximum Gasteiger partial charge on any atom is 0.323 e. The van der Waals surface area contributed by atoms with Crippen molar-refractivity contribution in [2.75, 3.05) is 11.9 Å². The van der Waals surface area contributed by atoms with Crippen molar-refractivity contribution in [1.29, 1.82) is 0 Å². The van der Waals surface area contributed by atoms with Crippen molar-refractivity contribution in [3.8, 4) is 0 Å². The van der Waals surface area contributed by atoms with E-state index < -0.39 is 17.4 Å². The third-order valence-electron chi connectivity index (χ3n) is 4.14. The van der Waals surface area contributed by atoms with Crippen molar-refractivity contribution >= 4 is 23.5 Å². The van der Waals surface area contributed by atoms with Gasteiger partial charge < -0.3 is 21.5 Å². The van der Waals surface area contributed by atoms with E-state index >= 15 is 0 Å². The molecule has 0 radical (unpaired) electrons. The van der Waals surface area contributed by atoms with Gasteiger partial charge in [0.25, 0.3) is 0 Å². The first-order valence-corrected chi connectivity index (χ1v) is 7.61. The number of amides is 2. The predicted molar refractivity (Wildman–Crippen MR) is 85.0 cm³/mol. The molecule has 0 spiro atoms. The summed E-state index contributed by atoms with van der Waals surface area (Å²) in [6.45, 7) is 0.303. The summed E-state index contributed by atoms with van der Waals surface area (Å²) in [7, 11) is 0. The van der Waals surface area contributed by atoms with Crippen molar-refractivity contribution < 1.29 is 19.5 Å². The largest absolute Gasteiger partial charge is 0.480 e. The molecule has 1 aromatic rings. The average Bonchev–Trinajstić information content (AvgIpc) is 2.98. The number of primary amides is 1. The number of carbonyl (C=O) groups excluding carboxylic acids is 2. The van der Waals surface area contributed by atoms with Crippen LogP contribution in [0.1, 0.15) is 42.5 Å². The van der Waals surface area contributed by atoms with Gasteiger partial charge in [-0.3, -0.25) is 14.4 Å². The molecule has 0 heterocycles. The molecule has 0 aromatic heterocycles. The highest BCUT2D eigenvalue weighted by Gasteiger charge is 2.40. The lowest BCUT2D eigenvalue weighted by molar-refractivity contribution is -0.144. The van der Waals surface area contributed by atoms with Crippen LogP contribution in [0, 0.1) is 0 Å². The van der Waals surface area contributed by atoms with Crippen LogP contribution in [0.5, 0.6) is 0 Å². The van der Waals surface area contributed by atoms with Gasteiger partial charge in [-0.25, -0.2) is 0 Å². The highest BCUT2D eigenvalue weighted by Crippen LogP contribution is 2.29. The summed E-state index contributed by atoms with van der Waals surface area (Å²) in [4.78, 5) is 34.2. The molecule has 23 heavy (non-hydrogen) atoms. The van der Waals surface area contributed by atoms with E-state index in [4.69, 9.17) is 5.73 Å². The van der Waals surface area contributed by atoms with E-state index in [2.05, 4.69) is 10.6 Å². The second-order valence-electron chi connectivity index (χ2n) is 5.76. The molecule has 2 rings (SSSR count). The number of rotatable bonds is 7. The Morgan fingerprint density at radius 2 is 1.74 bits per heavy atom. The van der Waals surface area contributed by atoms with Gasteiger partial charge in [0.15, 0.2) is 0 Å². The Morgan fingerprint density at radius 1 is 1.13 bits per heavy atom. The number of aliphatic carboxylic acids is 1. The molecule has 7 nitrogen and oxygen atoms in total. The average molecular weight is 319 g/mol. The normalized spacial score (nSPS) is 16.0. The minimum absolute atomic E-state index is 0.173. The zero-order chi connectivity index (χ0) is 16.9. The molecular weight excluding hydrogens is 298 g/mol. The number of anilines is 1. The van der Waals surface area contributed by atoms with Crippen molar-refractivity contribution in [2.45, 2.75) is 37.6 Å². The third-order valence-corrected chi connectivity index (χ3v) is 4.14. The maximum absolute atomic E-state index is 11.9. The standard InChI is InChI=1S/C16H21N3O4/c17-14(21)11-3-5-12(6-4-11)19-13(20)7-10-18-16(15(22)23)8-1-2-9-16/h3-6,18H,1-2,7-10H2,(H2,17,21)(H,19,20)(H,22,23). The Morgan fingerprint density at radius 3 is 2.26 bits per heavy atom. The van der Waals surface area contributed by atoms with E-state index in [1.54, 1.807) is 12.1 Å². The van der Waals surface area contributed by atoms with Crippen LogP contribution in [-0.4, -0.2) is 35.0 Å². The summed E-state index contributed by atoms with van der Waals surface area (Å²) in [5.41, 5.74) is 5.19. The minimum atomic E-state index is -0.886. The van der Waals surface area contributed by atoms with Crippen molar-refractivity contribution in [1.82, 2.24) is 5.32 Å². The van der Waals surface area contributed by atoms with Crippen molar-refractivity contribution in [3.63, 3.8) is 0 Å². The van der Waals surface area contributed by atoms with Gasteiger partial charge >= 0.3 is 5.97 Å². The van der Waals surface area contributed by atoms with E-state index in [1.807, 2.05) is 0 Å². The van der Waals surface area contributed by atoms with Crippen LogP contribution < -0.4 is 16.4 Å². The smallest absolute Gasteiger partial charge is 0.323 e. The van der Waals surface area contributed by atoms with E-state index in [0.29, 0.717) is 30.6 Å². The van der Waals surface area contributed by atoms with Crippen LogP contribution in [0.3, 0.4) is 0 Å². The molecule has 0 bridgehead atoms. The molecule has 0 unspecified atom stereocenters. The van der Waals surface area contributed by atoms with Gasteiger partial charge in [0, 0.05) is 24.2 Å². The molecule has 0 atom stereocenters. The summed E-state index contributed by atoms with van der Waals surface area (Å²) < 4.78 is 0. The van der Waals surface area contributed by atoms with E-state index in [0.717, 1.165) is 12.8 Å². The van der Waals surface area contributed by atoms with Crippen molar-refractivity contribution in [2.24, 2.45) is 5.73 Å². The Bertz CT molecular complexity index is 592. The Kier molecular flexibility index (Phi) is 5.33. The fourth-order valence-electron chi connectivity index (χ4n) is 2.80. The molecule has 1 aliphatic carbocycles. The second kappa shape index (κ2) is 7.23. The Balaban J connectivity index is 1.81. The number of nitrogens with one attached hydrogen (secondary N) is 2. The first-order chi connectivity index (χ1) is 10.9. The molecule has 124 valence electrons. The number of carboxylic acid groups (broad SMARTS) is 1. The molecule has 0 saturated heterocycles. The first kappa shape index (κ1) is 17.0. The van der Waals surface area contributed by atoms with Gasteiger partial charge in [0.1, 0.15) is 5.54 Å². The number of hydrogen-bond acceptors (Lipinski definition) is 4. The van der Waals surface area contributed by atoms with E-state index in [-0.39, 0.29) is 12.3 Å². The van der Waals surface area contributed by atoms with Crippen LogP contribution in [0.2, 0.25) is 0 Å². The summed E-state index contributed by atoms with van der Waals surface area (Å²) in [6, 6.07) is 6.27. The number of carbonyl (C=O) groups is 3. The van der Waals surface area contributed by atoms with Gasteiger partial charge in [0.05, 0.1) is 0 Å². The molecule has 1 aromatic carbocycles.